The van der Waals surface area contributed by atoms with Crippen LogP contribution in [0.4, 0.5) is 0 Å². The first-order valence-electron chi connectivity index (χ1n) is 8.03. The SMILES string of the molecule is COc1ccc(OCc2nc(C(=O)NCc3cn(C)nc3C)co2)cc1. The summed E-state index contributed by atoms with van der Waals surface area (Å²) in [5.74, 6) is 1.41. The van der Waals surface area contributed by atoms with Gasteiger partial charge >= 0.3 is 0 Å². The predicted molar refractivity (Wildman–Crippen MR) is 92.9 cm³/mol. The molecule has 0 saturated heterocycles. The van der Waals surface area contributed by atoms with Crippen LogP contribution in [0.15, 0.2) is 41.1 Å². The molecule has 0 bridgehead atoms. The first kappa shape index (κ1) is 17.5. The molecule has 26 heavy (non-hydrogen) atoms. The van der Waals surface area contributed by atoms with E-state index in [2.05, 4.69) is 15.4 Å². The quantitative estimate of drug-likeness (QED) is 0.698. The largest absolute Gasteiger partial charge is 0.497 e. The third-order valence-corrected chi connectivity index (χ3v) is 3.76. The average Bonchev–Trinajstić information content (AvgIpc) is 3.24. The van der Waals surface area contributed by atoms with E-state index in [-0.39, 0.29) is 18.2 Å². The summed E-state index contributed by atoms with van der Waals surface area (Å²) in [6, 6.07) is 7.16. The fourth-order valence-electron chi connectivity index (χ4n) is 2.39. The molecule has 1 N–H and O–H groups in total. The van der Waals surface area contributed by atoms with E-state index < -0.39 is 0 Å². The van der Waals surface area contributed by atoms with Gasteiger partial charge in [0.15, 0.2) is 12.3 Å². The van der Waals surface area contributed by atoms with Gasteiger partial charge in [-0.15, -0.1) is 0 Å². The van der Waals surface area contributed by atoms with Crippen molar-refractivity contribution in [1.82, 2.24) is 20.1 Å². The molecule has 8 nitrogen and oxygen atoms in total. The molecule has 0 saturated carbocycles. The number of hydrogen-bond acceptors (Lipinski definition) is 6. The fraction of sp³-hybridized carbons (Fsp3) is 0.278. The molecular formula is C18H20N4O4. The smallest absolute Gasteiger partial charge is 0.273 e. The lowest BCUT2D eigenvalue weighted by molar-refractivity contribution is 0.0945. The van der Waals surface area contributed by atoms with E-state index in [0.29, 0.717) is 18.2 Å². The molecule has 2 heterocycles. The van der Waals surface area contributed by atoms with Gasteiger partial charge in [0, 0.05) is 25.4 Å². The molecule has 0 aliphatic heterocycles. The minimum absolute atomic E-state index is 0.126. The lowest BCUT2D eigenvalue weighted by Crippen LogP contribution is -2.23. The Morgan fingerprint density at radius 2 is 2.00 bits per heavy atom. The fourth-order valence-corrected chi connectivity index (χ4v) is 2.39. The molecule has 2 aromatic heterocycles. The van der Waals surface area contributed by atoms with Crippen molar-refractivity contribution in [2.24, 2.45) is 7.05 Å². The summed E-state index contributed by atoms with van der Waals surface area (Å²) >= 11 is 0. The highest BCUT2D eigenvalue weighted by molar-refractivity contribution is 5.91. The number of amides is 1. The van der Waals surface area contributed by atoms with Crippen LogP contribution in [0.3, 0.4) is 0 Å². The van der Waals surface area contributed by atoms with Gasteiger partial charge in [-0.25, -0.2) is 4.98 Å². The number of carbonyl (C=O) groups is 1. The minimum atomic E-state index is -0.312. The van der Waals surface area contributed by atoms with E-state index in [1.807, 2.05) is 20.2 Å². The van der Waals surface area contributed by atoms with Crippen LogP contribution < -0.4 is 14.8 Å². The van der Waals surface area contributed by atoms with Gasteiger partial charge in [0.1, 0.15) is 17.8 Å². The Morgan fingerprint density at radius 1 is 1.27 bits per heavy atom. The predicted octanol–water partition coefficient (Wildman–Crippen LogP) is 2.23. The van der Waals surface area contributed by atoms with Crippen molar-refractivity contribution in [3.63, 3.8) is 0 Å². The first-order chi connectivity index (χ1) is 12.5. The van der Waals surface area contributed by atoms with Crippen LogP contribution in [0.1, 0.15) is 27.6 Å². The van der Waals surface area contributed by atoms with Gasteiger partial charge in [-0.3, -0.25) is 9.48 Å². The maximum absolute atomic E-state index is 12.2. The Labute approximate surface area is 150 Å². The molecule has 0 aliphatic carbocycles. The summed E-state index contributed by atoms with van der Waals surface area (Å²) in [4.78, 5) is 16.3. The van der Waals surface area contributed by atoms with Gasteiger partial charge in [-0.1, -0.05) is 0 Å². The maximum Gasteiger partial charge on any atom is 0.273 e. The standard InChI is InChI=1S/C18H20N4O4/c1-12-13(9-22(2)21-12)8-19-18(23)16-10-26-17(20-16)11-25-15-6-4-14(24-3)5-7-15/h4-7,9-10H,8,11H2,1-3H3,(H,19,23). The second-order valence-corrected chi connectivity index (χ2v) is 5.69. The minimum Gasteiger partial charge on any atom is -0.497 e. The number of nitrogens with one attached hydrogen (secondary N) is 1. The lowest BCUT2D eigenvalue weighted by atomic mass is 10.2. The molecular weight excluding hydrogens is 336 g/mol. The maximum atomic E-state index is 12.2. The highest BCUT2D eigenvalue weighted by Crippen LogP contribution is 2.18. The van der Waals surface area contributed by atoms with Crippen molar-refractivity contribution in [2.75, 3.05) is 7.11 Å². The van der Waals surface area contributed by atoms with Gasteiger partial charge < -0.3 is 19.2 Å². The van der Waals surface area contributed by atoms with Crippen molar-refractivity contribution in [3.05, 3.63) is 59.6 Å². The summed E-state index contributed by atoms with van der Waals surface area (Å²) in [5.41, 5.74) is 2.04. The molecule has 0 unspecified atom stereocenters. The van der Waals surface area contributed by atoms with Crippen LogP contribution in [-0.4, -0.2) is 27.8 Å². The number of aryl methyl sites for hydroxylation is 2. The van der Waals surface area contributed by atoms with Crippen LogP contribution >= 0.6 is 0 Å². The monoisotopic (exact) mass is 356 g/mol. The molecule has 3 rings (SSSR count). The zero-order valence-corrected chi connectivity index (χ0v) is 14.9. The van der Waals surface area contributed by atoms with Crippen molar-refractivity contribution in [3.8, 4) is 11.5 Å². The zero-order chi connectivity index (χ0) is 18.5. The molecule has 0 spiro atoms. The molecule has 0 radical (unpaired) electrons. The summed E-state index contributed by atoms with van der Waals surface area (Å²) in [6.07, 6.45) is 3.19. The van der Waals surface area contributed by atoms with E-state index in [1.165, 1.54) is 6.26 Å². The van der Waals surface area contributed by atoms with Gasteiger partial charge in [0.2, 0.25) is 5.89 Å². The highest BCUT2D eigenvalue weighted by atomic mass is 16.5. The van der Waals surface area contributed by atoms with Gasteiger partial charge in [-0.05, 0) is 31.2 Å². The Morgan fingerprint density at radius 3 is 2.65 bits per heavy atom. The number of rotatable bonds is 7. The van der Waals surface area contributed by atoms with E-state index in [1.54, 1.807) is 36.1 Å². The molecule has 8 heteroatoms. The highest BCUT2D eigenvalue weighted by Gasteiger charge is 2.13. The number of aromatic nitrogens is 3. The number of carbonyl (C=O) groups excluding carboxylic acids is 1. The molecule has 0 fully saturated rings. The van der Waals surface area contributed by atoms with E-state index in [0.717, 1.165) is 17.0 Å². The molecule has 3 aromatic rings. The van der Waals surface area contributed by atoms with Crippen molar-refractivity contribution in [2.45, 2.75) is 20.1 Å². The topological polar surface area (TPSA) is 91.4 Å². The van der Waals surface area contributed by atoms with Crippen molar-refractivity contribution < 1.29 is 18.7 Å². The summed E-state index contributed by atoms with van der Waals surface area (Å²) in [6.45, 7) is 2.40. The van der Waals surface area contributed by atoms with Crippen LogP contribution in [0.25, 0.3) is 0 Å². The lowest BCUT2D eigenvalue weighted by Gasteiger charge is -2.04. The third kappa shape index (κ3) is 4.21. The number of ether oxygens (including phenoxy) is 2. The molecule has 1 aromatic carbocycles. The van der Waals surface area contributed by atoms with Crippen LogP contribution in [0.5, 0.6) is 11.5 Å². The normalized spacial score (nSPS) is 10.6. The third-order valence-electron chi connectivity index (χ3n) is 3.76. The number of methoxy groups -OCH3 is 1. The van der Waals surface area contributed by atoms with E-state index in [4.69, 9.17) is 13.9 Å². The second kappa shape index (κ2) is 7.73. The number of hydrogen-bond donors (Lipinski definition) is 1. The van der Waals surface area contributed by atoms with E-state index in [9.17, 15) is 4.79 Å². The number of benzene rings is 1. The first-order valence-corrected chi connectivity index (χ1v) is 8.03. The number of oxazole rings is 1. The molecule has 136 valence electrons. The van der Waals surface area contributed by atoms with Crippen LogP contribution in [0.2, 0.25) is 0 Å². The van der Waals surface area contributed by atoms with Crippen LogP contribution in [-0.2, 0) is 20.2 Å². The Hall–Kier alpha value is -3.29. The zero-order valence-electron chi connectivity index (χ0n) is 14.9. The van der Waals surface area contributed by atoms with Gasteiger partial charge in [0.25, 0.3) is 5.91 Å². The molecule has 0 atom stereocenters. The number of nitrogens with zero attached hydrogens (tertiary/aromatic N) is 3. The van der Waals surface area contributed by atoms with E-state index >= 15 is 0 Å². The average molecular weight is 356 g/mol. The van der Waals surface area contributed by atoms with Gasteiger partial charge in [0.05, 0.1) is 12.8 Å². The Balaban J connectivity index is 1.53. The molecule has 1 amide bonds. The van der Waals surface area contributed by atoms with Gasteiger partial charge in [-0.2, -0.15) is 5.10 Å². The van der Waals surface area contributed by atoms with Crippen LogP contribution in [0, 0.1) is 6.92 Å². The van der Waals surface area contributed by atoms with Crippen molar-refractivity contribution >= 4 is 5.91 Å². The Kier molecular flexibility index (Phi) is 5.21. The second-order valence-electron chi connectivity index (χ2n) is 5.69. The molecule has 0 aliphatic rings. The summed E-state index contributed by atoms with van der Waals surface area (Å²) in [7, 11) is 3.44. The Bertz CT molecular complexity index is 883. The van der Waals surface area contributed by atoms with Crippen molar-refractivity contribution in [1.29, 1.82) is 0 Å². The summed E-state index contributed by atoms with van der Waals surface area (Å²) < 4.78 is 17.7. The summed E-state index contributed by atoms with van der Waals surface area (Å²) in [5, 5.41) is 7.04.